The van der Waals surface area contributed by atoms with Gasteiger partial charge in [0.2, 0.25) is 5.91 Å². The van der Waals surface area contributed by atoms with Gasteiger partial charge in [0, 0.05) is 13.0 Å². The van der Waals surface area contributed by atoms with Crippen molar-refractivity contribution in [3.8, 4) is 5.75 Å². The Morgan fingerprint density at radius 1 is 1.40 bits per heavy atom. The Kier molecular flexibility index (Phi) is 7.73. The zero-order valence-corrected chi connectivity index (χ0v) is 12.5. The molecule has 0 aliphatic heterocycles. The molecule has 0 aliphatic rings. The van der Waals surface area contributed by atoms with Crippen LogP contribution in [0.3, 0.4) is 0 Å². The summed E-state index contributed by atoms with van der Waals surface area (Å²) in [4.78, 5) is 11.7. The largest absolute Gasteiger partial charge is 0.497 e. The first kappa shape index (κ1) is 16.5. The zero-order valence-electron chi connectivity index (χ0n) is 12.5. The molecule has 0 aliphatic carbocycles. The van der Waals surface area contributed by atoms with Gasteiger partial charge in [-0.1, -0.05) is 19.1 Å². The van der Waals surface area contributed by atoms with Crippen LogP contribution in [0.4, 0.5) is 0 Å². The van der Waals surface area contributed by atoms with Gasteiger partial charge in [0.05, 0.1) is 7.11 Å². The third kappa shape index (κ3) is 6.57. The predicted octanol–water partition coefficient (Wildman–Crippen LogP) is 2.12. The topological polar surface area (TPSA) is 64.3 Å². The molecule has 1 rings (SSSR count). The molecular formula is C16H26N2O2. The van der Waals surface area contributed by atoms with Crippen LogP contribution in [-0.4, -0.2) is 26.1 Å². The molecule has 0 fully saturated rings. The number of carbonyl (C=O) groups is 1. The number of hydrogen-bond acceptors (Lipinski definition) is 3. The molecule has 1 atom stereocenters. The summed E-state index contributed by atoms with van der Waals surface area (Å²) in [5.74, 6) is 1.49. The minimum atomic E-state index is 0.122. The molecule has 0 radical (unpaired) electrons. The molecule has 0 saturated heterocycles. The summed E-state index contributed by atoms with van der Waals surface area (Å²) in [7, 11) is 1.66. The van der Waals surface area contributed by atoms with Gasteiger partial charge in [-0.3, -0.25) is 4.79 Å². The normalized spacial score (nSPS) is 11.9. The molecule has 0 aromatic heterocycles. The first-order chi connectivity index (χ1) is 9.65. The van der Waals surface area contributed by atoms with Crippen molar-refractivity contribution in [1.82, 2.24) is 5.32 Å². The van der Waals surface area contributed by atoms with E-state index in [9.17, 15) is 4.79 Å². The smallest absolute Gasteiger partial charge is 0.220 e. The zero-order chi connectivity index (χ0) is 14.8. The van der Waals surface area contributed by atoms with Crippen molar-refractivity contribution < 1.29 is 9.53 Å². The van der Waals surface area contributed by atoms with Crippen molar-refractivity contribution in [1.29, 1.82) is 0 Å². The molecule has 3 N–H and O–H groups in total. The van der Waals surface area contributed by atoms with Gasteiger partial charge in [-0.15, -0.1) is 0 Å². The molecular weight excluding hydrogens is 252 g/mol. The maximum Gasteiger partial charge on any atom is 0.220 e. The van der Waals surface area contributed by atoms with E-state index in [1.807, 2.05) is 24.3 Å². The van der Waals surface area contributed by atoms with E-state index in [2.05, 4.69) is 12.2 Å². The van der Waals surface area contributed by atoms with Crippen molar-refractivity contribution in [3.05, 3.63) is 29.8 Å². The summed E-state index contributed by atoms with van der Waals surface area (Å²) in [6.45, 7) is 3.49. The van der Waals surface area contributed by atoms with Crippen LogP contribution in [0.5, 0.6) is 5.75 Å². The van der Waals surface area contributed by atoms with Gasteiger partial charge in [0.15, 0.2) is 0 Å². The summed E-state index contributed by atoms with van der Waals surface area (Å²) < 4.78 is 5.17. The number of nitrogens with two attached hydrogens (primary N) is 1. The van der Waals surface area contributed by atoms with Crippen molar-refractivity contribution in [2.75, 3.05) is 20.2 Å². The highest BCUT2D eigenvalue weighted by Gasteiger charge is 2.06. The fourth-order valence-electron chi connectivity index (χ4n) is 2.07. The van der Waals surface area contributed by atoms with Crippen molar-refractivity contribution in [2.45, 2.75) is 32.6 Å². The van der Waals surface area contributed by atoms with Crippen molar-refractivity contribution in [2.24, 2.45) is 11.7 Å². The fourth-order valence-corrected chi connectivity index (χ4v) is 2.07. The first-order valence-electron chi connectivity index (χ1n) is 7.25. The van der Waals surface area contributed by atoms with Crippen LogP contribution in [0.15, 0.2) is 24.3 Å². The van der Waals surface area contributed by atoms with Gasteiger partial charge in [-0.05, 0) is 49.4 Å². The summed E-state index contributed by atoms with van der Waals surface area (Å²) >= 11 is 0. The van der Waals surface area contributed by atoms with E-state index in [4.69, 9.17) is 10.5 Å². The van der Waals surface area contributed by atoms with Gasteiger partial charge in [0.1, 0.15) is 5.75 Å². The standard InChI is InChI=1S/C16H26N2O2/c1-13(8-10-17)6-7-16(19)18-11-9-14-4-3-5-15(12-14)20-2/h3-5,12-13H,6-11,17H2,1-2H3,(H,18,19). The van der Waals surface area contributed by atoms with Crippen molar-refractivity contribution in [3.63, 3.8) is 0 Å². The van der Waals surface area contributed by atoms with Crippen LogP contribution in [-0.2, 0) is 11.2 Å². The van der Waals surface area contributed by atoms with Crippen molar-refractivity contribution >= 4 is 5.91 Å². The number of amides is 1. The first-order valence-corrected chi connectivity index (χ1v) is 7.25. The number of hydrogen-bond donors (Lipinski definition) is 2. The maximum absolute atomic E-state index is 11.7. The summed E-state index contributed by atoms with van der Waals surface area (Å²) in [5, 5.41) is 2.96. The van der Waals surface area contributed by atoms with Gasteiger partial charge in [0.25, 0.3) is 0 Å². The molecule has 0 bridgehead atoms. The van der Waals surface area contributed by atoms with Crippen LogP contribution in [0.2, 0.25) is 0 Å². The summed E-state index contributed by atoms with van der Waals surface area (Å²) in [5.41, 5.74) is 6.66. The molecule has 112 valence electrons. The average molecular weight is 278 g/mol. The molecule has 4 nitrogen and oxygen atoms in total. The van der Waals surface area contributed by atoms with Gasteiger partial charge in [-0.2, -0.15) is 0 Å². The Balaban J connectivity index is 2.21. The SMILES string of the molecule is COc1cccc(CCNC(=O)CCC(C)CCN)c1. The van der Waals surface area contributed by atoms with Gasteiger partial charge < -0.3 is 15.8 Å². The lowest BCUT2D eigenvalue weighted by Gasteiger charge is -2.10. The van der Waals surface area contributed by atoms with Gasteiger partial charge >= 0.3 is 0 Å². The van der Waals surface area contributed by atoms with E-state index in [0.29, 0.717) is 25.4 Å². The van der Waals surface area contributed by atoms with Crippen LogP contribution < -0.4 is 15.8 Å². The monoisotopic (exact) mass is 278 g/mol. The molecule has 1 unspecified atom stereocenters. The van der Waals surface area contributed by atoms with E-state index >= 15 is 0 Å². The van der Waals surface area contributed by atoms with Crippen LogP contribution in [0, 0.1) is 5.92 Å². The Hall–Kier alpha value is -1.55. The van der Waals surface area contributed by atoms with E-state index < -0.39 is 0 Å². The Bertz CT molecular complexity index is 407. The maximum atomic E-state index is 11.7. The quantitative estimate of drug-likeness (QED) is 0.727. The minimum absolute atomic E-state index is 0.122. The predicted molar refractivity (Wildman–Crippen MR) is 81.8 cm³/mol. The van der Waals surface area contributed by atoms with E-state index in [-0.39, 0.29) is 5.91 Å². The highest BCUT2D eigenvalue weighted by atomic mass is 16.5. The molecule has 1 amide bonds. The second kappa shape index (κ2) is 9.37. The second-order valence-electron chi connectivity index (χ2n) is 5.17. The molecule has 1 aromatic rings. The second-order valence-corrected chi connectivity index (χ2v) is 5.17. The van der Waals surface area contributed by atoms with E-state index in [1.165, 1.54) is 5.56 Å². The molecule has 0 spiro atoms. The van der Waals surface area contributed by atoms with Gasteiger partial charge in [-0.25, -0.2) is 0 Å². The molecule has 4 heteroatoms. The lowest BCUT2D eigenvalue weighted by molar-refractivity contribution is -0.121. The van der Waals surface area contributed by atoms with E-state index in [0.717, 1.165) is 25.0 Å². The fraction of sp³-hybridized carbons (Fsp3) is 0.562. The number of nitrogens with one attached hydrogen (secondary N) is 1. The van der Waals surface area contributed by atoms with Crippen LogP contribution in [0.1, 0.15) is 31.7 Å². The molecule has 0 heterocycles. The number of rotatable bonds is 9. The third-order valence-electron chi connectivity index (χ3n) is 3.39. The minimum Gasteiger partial charge on any atom is -0.497 e. The highest BCUT2D eigenvalue weighted by Crippen LogP contribution is 2.12. The Morgan fingerprint density at radius 2 is 2.20 bits per heavy atom. The Morgan fingerprint density at radius 3 is 2.90 bits per heavy atom. The van der Waals surface area contributed by atoms with Crippen LogP contribution >= 0.6 is 0 Å². The highest BCUT2D eigenvalue weighted by molar-refractivity contribution is 5.75. The molecule has 1 aromatic carbocycles. The van der Waals surface area contributed by atoms with Crippen LogP contribution in [0.25, 0.3) is 0 Å². The lowest BCUT2D eigenvalue weighted by atomic mass is 10.0. The third-order valence-corrected chi connectivity index (χ3v) is 3.39. The number of benzene rings is 1. The van der Waals surface area contributed by atoms with E-state index in [1.54, 1.807) is 7.11 Å². The molecule has 20 heavy (non-hydrogen) atoms. The number of methoxy groups -OCH3 is 1. The summed E-state index contributed by atoms with van der Waals surface area (Å²) in [6, 6.07) is 7.92. The Labute approximate surface area is 121 Å². The number of ether oxygens (including phenoxy) is 1. The molecule has 0 saturated carbocycles. The number of carbonyl (C=O) groups excluding carboxylic acids is 1. The average Bonchev–Trinajstić information content (AvgIpc) is 2.46. The summed E-state index contributed by atoms with van der Waals surface area (Å²) in [6.07, 6.45) is 3.29. The lowest BCUT2D eigenvalue weighted by Crippen LogP contribution is -2.26.